The van der Waals surface area contributed by atoms with Gasteiger partial charge in [-0.1, -0.05) is 39.3 Å². The molecule has 174 valence electrons. The van der Waals surface area contributed by atoms with Gasteiger partial charge >= 0.3 is 0 Å². The highest BCUT2D eigenvalue weighted by Crippen LogP contribution is 2.27. The zero-order valence-electron chi connectivity index (χ0n) is 20.4. The first kappa shape index (κ1) is 25.4. The van der Waals surface area contributed by atoms with Crippen molar-refractivity contribution in [2.24, 2.45) is 17.1 Å². The molecule has 1 saturated heterocycles. The minimum Gasteiger partial charge on any atom is -0.493 e. The van der Waals surface area contributed by atoms with Crippen molar-refractivity contribution in [3.8, 4) is 5.75 Å². The van der Waals surface area contributed by atoms with Crippen LogP contribution in [0.4, 0.5) is 5.69 Å². The molecule has 2 N–H and O–H groups in total. The number of nitrogens with two attached hydrogens (primary N) is 1. The monoisotopic (exact) mass is 429 g/mol. The number of likely N-dealkylation sites (tertiary alicyclic amines) is 1. The first-order valence-electron chi connectivity index (χ1n) is 11.6. The average Bonchev–Trinajstić information content (AvgIpc) is 3.14. The molecule has 1 aromatic rings. The Morgan fingerprint density at radius 1 is 1.29 bits per heavy atom. The van der Waals surface area contributed by atoms with Crippen LogP contribution in [0.25, 0.3) is 0 Å². The van der Waals surface area contributed by atoms with Gasteiger partial charge in [-0.2, -0.15) is 0 Å². The maximum absolute atomic E-state index is 10.9. The van der Waals surface area contributed by atoms with Crippen LogP contribution in [0.2, 0.25) is 0 Å². The first-order valence-corrected chi connectivity index (χ1v) is 11.6. The number of anilines is 1. The quantitative estimate of drug-likeness (QED) is 0.414. The second-order valence-corrected chi connectivity index (χ2v) is 10.6. The van der Waals surface area contributed by atoms with Crippen molar-refractivity contribution in [3.63, 3.8) is 0 Å². The predicted octanol–water partition coefficient (Wildman–Crippen LogP) is 4.51. The number of allylic oxidation sites excluding steroid dienone is 1. The molecule has 3 atom stereocenters. The SMILES string of the molecule is CC(C)=CCN(c1ccc(OCC(C)(C)C)cc1)C1CCN(CC(C)CC(N)C=O)C1. The molecule has 5 nitrogen and oxygen atoms in total. The summed E-state index contributed by atoms with van der Waals surface area (Å²) in [7, 11) is 0. The molecular formula is C26H43N3O2. The number of aldehydes is 1. The molecule has 0 bridgehead atoms. The van der Waals surface area contributed by atoms with Crippen LogP contribution in [0, 0.1) is 11.3 Å². The van der Waals surface area contributed by atoms with E-state index in [0.717, 1.165) is 51.1 Å². The standard InChI is InChI=1S/C26H43N3O2/c1-20(2)11-14-29(23-7-9-25(10-8-23)31-19-26(4,5)6)24-12-13-28(17-24)16-21(3)15-22(27)18-30/h7-11,18,21-22,24H,12-17,19,27H2,1-6H3. The number of rotatable bonds is 11. The van der Waals surface area contributed by atoms with Gasteiger partial charge in [0.05, 0.1) is 12.6 Å². The van der Waals surface area contributed by atoms with Crippen LogP contribution >= 0.6 is 0 Å². The van der Waals surface area contributed by atoms with Gasteiger partial charge in [0.2, 0.25) is 0 Å². The second-order valence-electron chi connectivity index (χ2n) is 10.6. The van der Waals surface area contributed by atoms with E-state index in [1.165, 1.54) is 11.3 Å². The topological polar surface area (TPSA) is 58.8 Å². The van der Waals surface area contributed by atoms with E-state index in [1.807, 2.05) is 0 Å². The van der Waals surface area contributed by atoms with Gasteiger partial charge in [-0.3, -0.25) is 0 Å². The van der Waals surface area contributed by atoms with Crippen LogP contribution in [-0.4, -0.2) is 56.1 Å². The van der Waals surface area contributed by atoms with E-state index >= 15 is 0 Å². The summed E-state index contributed by atoms with van der Waals surface area (Å²) in [6.45, 7) is 17.8. The zero-order valence-corrected chi connectivity index (χ0v) is 20.4. The van der Waals surface area contributed by atoms with Gasteiger partial charge in [0.15, 0.2) is 0 Å². The molecule has 0 aromatic heterocycles. The lowest BCUT2D eigenvalue weighted by molar-refractivity contribution is -0.109. The minimum atomic E-state index is -0.346. The van der Waals surface area contributed by atoms with Crippen LogP contribution < -0.4 is 15.4 Å². The van der Waals surface area contributed by atoms with Crippen LogP contribution in [0.1, 0.15) is 54.4 Å². The molecule has 1 aliphatic heterocycles. The fourth-order valence-corrected chi connectivity index (χ4v) is 4.05. The molecule has 1 heterocycles. The Balaban J connectivity index is 2.03. The number of benzene rings is 1. The molecule has 0 saturated carbocycles. The Kier molecular flexibility index (Phi) is 9.57. The van der Waals surface area contributed by atoms with E-state index in [1.54, 1.807) is 0 Å². The van der Waals surface area contributed by atoms with E-state index in [-0.39, 0.29) is 11.5 Å². The summed E-state index contributed by atoms with van der Waals surface area (Å²) in [4.78, 5) is 15.9. The van der Waals surface area contributed by atoms with Crippen molar-refractivity contribution in [1.29, 1.82) is 0 Å². The molecule has 0 spiro atoms. The van der Waals surface area contributed by atoms with Crippen molar-refractivity contribution < 1.29 is 9.53 Å². The van der Waals surface area contributed by atoms with Gasteiger partial charge in [-0.05, 0) is 62.3 Å². The Hall–Kier alpha value is -1.85. The van der Waals surface area contributed by atoms with Gasteiger partial charge < -0.3 is 25.1 Å². The second kappa shape index (κ2) is 11.7. The molecule has 31 heavy (non-hydrogen) atoms. The lowest BCUT2D eigenvalue weighted by atomic mass is 9.99. The molecule has 0 amide bonds. The molecule has 0 aliphatic carbocycles. The third-order valence-electron chi connectivity index (χ3n) is 5.64. The van der Waals surface area contributed by atoms with Gasteiger partial charge in [0.1, 0.15) is 12.0 Å². The van der Waals surface area contributed by atoms with Gasteiger partial charge in [-0.15, -0.1) is 0 Å². The summed E-state index contributed by atoms with van der Waals surface area (Å²) in [6, 6.07) is 8.68. The molecule has 5 heteroatoms. The number of hydrogen-bond donors (Lipinski definition) is 1. The zero-order chi connectivity index (χ0) is 23.0. The third-order valence-corrected chi connectivity index (χ3v) is 5.64. The van der Waals surface area contributed by atoms with Crippen LogP contribution in [0.15, 0.2) is 35.9 Å². The number of ether oxygens (including phenoxy) is 1. The summed E-state index contributed by atoms with van der Waals surface area (Å²) in [6.07, 6.45) is 5.06. The fourth-order valence-electron chi connectivity index (χ4n) is 4.05. The lowest BCUT2D eigenvalue weighted by Crippen LogP contribution is -2.39. The molecule has 3 unspecified atom stereocenters. The highest BCUT2D eigenvalue weighted by atomic mass is 16.5. The van der Waals surface area contributed by atoms with E-state index < -0.39 is 0 Å². The molecule has 2 rings (SSSR count). The maximum Gasteiger partial charge on any atom is 0.136 e. The van der Waals surface area contributed by atoms with Crippen LogP contribution in [0.5, 0.6) is 5.75 Å². The van der Waals surface area contributed by atoms with Crippen molar-refractivity contribution in [1.82, 2.24) is 4.90 Å². The largest absolute Gasteiger partial charge is 0.493 e. The third kappa shape index (κ3) is 9.04. The van der Waals surface area contributed by atoms with Gasteiger partial charge in [0, 0.05) is 37.9 Å². The summed E-state index contributed by atoms with van der Waals surface area (Å²) >= 11 is 0. The fraction of sp³-hybridized carbons (Fsp3) is 0.654. The highest BCUT2D eigenvalue weighted by Gasteiger charge is 2.28. The number of hydrogen-bond acceptors (Lipinski definition) is 5. The molecule has 0 radical (unpaired) electrons. The summed E-state index contributed by atoms with van der Waals surface area (Å²) < 4.78 is 5.96. The van der Waals surface area contributed by atoms with E-state index in [9.17, 15) is 4.79 Å². The summed E-state index contributed by atoms with van der Waals surface area (Å²) in [5, 5.41) is 0. The lowest BCUT2D eigenvalue weighted by Gasteiger charge is -2.31. The number of carbonyl (C=O) groups is 1. The maximum atomic E-state index is 10.9. The Labute approximate surface area is 189 Å². The van der Waals surface area contributed by atoms with Crippen LogP contribution in [0.3, 0.4) is 0 Å². The Morgan fingerprint density at radius 3 is 2.55 bits per heavy atom. The molecule has 1 aliphatic rings. The smallest absolute Gasteiger partial charge is 0.136 e. The van der Waals surface area contributed by atoms with Crippen molar-refractivity contribution in [3.05, 3.63) is 35.9 Å². The Morgan fingerprint density at radius 2 is 1.97 bits per heavy atom. The normalized spacial score (nSPS) is 19.0. The molecule has 1 fully saturated rings. The molecule has 1 aromatic carbocycles. The number of carbonyl (C=O) groups excluding carboxylic acids is 1. The van der Waals surface area contributed by atoms with Crippen molar-refractivity contribution in [2.75, 3.05) is 37.7 Å². The van der Waals surface area contributed by atoms with Crippen LogP contribution in [-0.2, 0) is 4.79 Å². The van der Waals surface area contributed by atoms with E-state index in [4.69, 9.17) is 10.5 Å². The number of nitrogens with zero attached hydrogens (tertiary/aromatic N) is 2. The highest BCUT2D eigenvalue weighted by molar-refractivity contribution is 5.56. The summed E-state index contributed by atoms with van der Waals surface area (Å²) in [5.74, 6) is 1.35. The van der Waals surface area contributed by atoms with E-state index in [0.29, 0.717) is 18.6 Å². The summed E-state index contributed by atoms with van der Waals surface area (Å²) in [5.41, 5.74) is 8.53. The average molecular weight is 430 g/mol. The van der Waals surface area contributed by atoms with E-state index in [2.05, 4.69) is 81.7 Å². The van der Waals surface area contributed by atoms with Gasteiger partial charge in [-0.25, -0.2) is 0 Å². The predicted molar refractivity (Wildman–Crippen MR) is 131 cm³/mol. The minimum absolute atomic E-state index is 0.147. The first-order chi connectivity index (χ1) is 14.6. The van der Waals surface area contributed by atoms with Crippen molar-refractivity contribution in [2.45, 2.75) is 66.5 Å². The molecular weight excluding hydrogens is 386 g/mol. The Bertz CT molecular complexity index is 704. The van der Waals surface area contributed by atoms with Crippen molar-refractivity contribution >= 4 is 12.0 Å². The van der Waals surface area contributed by atoms with Gasteiger partial charge in [0.25, 0.3) is 0 Å².